The van der Waals surface area contributed by atoms with Gasteiger partial charge in [-0.25, -0.2) is 0 Å². The molecular weight excluding hydrogens is 160 g/mol. The van der Waals surface area contributed by atoms with E-state index >= 15 is 0 Å². The van der Waals surface area contributed by atoms with Crippen molar-refractivity contribution >= 4 is 11.6 Å². The molecule has 0 aliphatic heterocycles. The average molecular weight is 171 g/mol. The highest BCUT2D eigenvalue weighted by atomic mass is 35.5. The monoisotopic (exact) mass is 170 g/mol. The van der Waals surface area contributed by atoms with Crippen LogP contribution in [0.5, 0.6) is 5.75 Å². The van der Waals surface area contributed by atoms with Gasteiger partial charge in [0.1, 0.15) is 5.75 Å². The Hall–Kier alpha value is -0.690. The summed E-state index contributed by atoms with van der Waals surface area (Å²) >= 11 is 5.86. The number of aromatic hydroxyl groups is 1. The zero-order valence-corrected chi connectivity index (χ0v) is 7.39. The average Bonchev–Trinajstić information content (AvgIpc) is 1.85. The second-order valence-corrected chi connectivity index (χ2v) is 3.27. The van der Waals surface area contributed by atoms with Crippen molar-refractivity contribution in [3.05, 3.63) is 28.8 Å². The first-order valence-corrected chi connectivity index (χ1v) is 3.97. The van der Waals surface area contributed by atoms with Crippen LogP contribution in [0.15, 0.2) is 18.2 Å². The van der Waals surface area contributed by atoms with Crippen LogP contribution in [0.3, 0.4) is 0 Å². The van der Waals surface area contributed by atoms with Gasteiger partial charge in [-0.1, -0.05) is 31.5 Å². The van der Waals surface area contributed by atoms with Gasteiger partial charge >= 0.3 is 0 Å². The molecule has 60 valence electrons. The number of halogens is 1. The van der Waals surface area contributed by atoms with E-state index < -0.39 is 0 Å². The van der Waals surface area contributed by atoms with E-state index in [-0.39, 0.29) is 5.75 Å². The van der Waals surface area contributed by atoms with Gasteiger partial charge in [0.05, 0.1) is 0 Å². The van der Waals surface area contributed by atoms with Gasteiger partial charge in [0, 0.05) is 5.02 Å². The van der Waals surface area contributed by atoms with Crippen molar-refractivity contribution in [2.45, 2.75) is 19.8 Å². The van der Waals surface area contributed by atoms with Crippen molar-refractivity contribution in [1.82, 2.24) is 0 Å². The molecule has 0 atom stereocenters. The molecule has 0 aliphatic rings. The maximum absolute atomic E-state index is 9.03. The van der Waals surface area contributed by atoms with E-state index in [2.05, 4.69) is 13.8 Å². The molecule has 1 N–H and O–H groups in total. The van der Waals surface area contributed by atoms with Crippen LogP contribution in [0.4, 0.5) is 0 Å². The minimum atomic E-state index is 0.222. The predicted molar refractivity (Wildman–Crippen MR) is 47.2 cm³/mol. The molecule has 0 heterocycles. The third kappa shape index (κ3) is 1.87. The minimum Gasteiger partial charge on any atom is -0.508 e. The molecule has 1 rings (SSSR count). The molecule has 1 nitrogen and oxygen atoms in total. The molecule has 0 bridgehead atoms. The number of hydrogen-bond acceptors (Lipinski definition) is 1. The molecule has 0 saturated heterocycles. The van der Waals surface area contributed by atoms with Gasteiger partial charge in [-0.2, -0.15) is 0 Å². The van der Waals surface area contributed by atoms with Crippen molar-refractivity contribution < 1.29 is 5.11 Å². The first-order chi connectivity index (χ1) is 5.11. The molecule has 0 aromatic heterocycles. The van der Waals surface area contributed by atoms with E-state index in [1.165, 1.54) is 0 Å². The SMILES string of the molecule is CC(C)c1ccc(O)cc1Cl. The Balaban J connectivity index is 3.09. The van der Waals surface area contributed by atoms with Gasteiger partial charge in [0.15, 0.2) is 0 Å². The number of rotatable bonds is 1. The molecule has 0 saturated carbocycles. The van der Waals surface area contributed by atoms with Crippen molar-refractivity contribution in [3.8, 4) is 5.75 Å². The summed E-state index contributed by atoms with van der Waals surface area (Å²) in [7, 11) is 0. The third-order valence-electron chi connectivity index (χ3n) is 1.61. The highest BCUT2D eigenvalue weighted by molar-refractivity contribution is 6.31. The number of hydrogen-bond donors (Lipinski definition) is 1. The van der Waals surface area contributed by atoms with Crippen LogP contribution >= 0.6 is 11.6 Å². The lowest BCUT2D eigenvalue weighted by Gasteiger charge is -2.07. The first kappa shape index (κ1) is 8.41. The van der Waals surface area contributed by atoms with E-state index in [0.717, 1.165) is 5.56 Å². The van der Waals surface area contributed by atoms with Gasteiger partial charge in [0.25, 0.3) is 0 Å². The molecule has 0 unspecified atom stereocenters. The van der Waals surface area contributed by atoms with Crippen LogP contribution in [0.1, 0.15) is 25.3 Å². The smallest absolute Gasteiger partial charge is 0.117 e. The lowest BCUT2D eigenvalue weighted by molar-refractivity contribution is 0.475. The van der Waals surface area contributed by atoms with E-state index in [1.54, 1.807) is 12.1 Å². The van der Waals surface area contributed by atoms with E-state index in [4.69, 9.17) is 16.7 Å². The maximum atomic E-state index is 9.03. The first-order valence-electron chi connectivity index (χ1n) is 3.59. The Labute approximate surface area is 71.6 Å². The van der Waals surface area contributed by atoms with Crippen LogP contribution in [-0.2, 0) is 0 Å². The quantitative estimate of drug-likeness (QED) is 0.687. The highest BCUT2D eigenvalue weighted by Gasteiger charge is 2.04. The Morgan fingerprint density at radius 1 is 1.36 bits per heavy atom. The molecule has 0 radical (unpaired) electrons. The van der Waals surface area contributed by atoms with Gasteiger partial charge in [-0.15, -0.1) is 0 Å². The Bertz CT molecular complexity index is 256. The van der Waals surface area contributed by atoms with Crippen LogP contribution in [0, 0.1) is 0 Å². The Morgan fingerprint density at radius 2 is 2.00 bits per heavy atom. The largest absolute Gasteiger partial charge is 0.508 e. The van der Waals surface area contributed by atoms with Crippen molar-refractivity contribution in [3.63, 3.8) is 0 Å². The molecule has 11 heavy (non-hydrogen) atoms. The zero-order chi connectivity index (χ0) is 8.43. The van der Waals surface area contributed by atoms with Crippen molar-refractivity contribution in [1.29, 1.82) is 0 Å². The zero-order valence-electron chi connectivity index (χ0n) is 6.63. The summed E-state index contributed by atoms with van der Waals surface area (Å²) in [5.41, 5.74) is 1.07. The standard InChI is InChI=1S/C9H11ClO/c1-6(2)8-4-3-7(11)5-9(8)10/h3-6,11H,1-2H3. The van der Waals surface area contributed by atoms with Gasteiger partial charge < -0.3 is 5.11 Å². The lowest BCUT2D eigenvalue weighted by Crippen LogP contribution is -1.87. The molecular formula is C9H11ClO. The summed E-state index contributed by atoms with van der Waals surface area (Å²) in [5, 5.41) is 9.67. The summed E-state index contributed by atoms with van der Waals surface area (Å²) in [6.45, 7) is 4.14. The molecule has 2 heteroatoms. The fourth-order valence-corrected chi connectivity index (χ4v) is 1.38. The predicted octanol–water partition coefficient (Wildman–Crippen LogP) is 3.17. The fraction of sp³-hybridized carbons (Fsp3) is 0.333. The fourth-order valence-electron chi connectivity index (χ4n) is 0.984. The van der Waals surface area contributed by atoms with Gasteiger partial charge in [-0.3, -0.25) is 0 Å². The molecule has 0 amide bonds. The lowest BCUT2D eigenvalue weighted by atomic mass is 10.0. The molecule has 1 aromatic rings. The maximum Gasteiger partial charge on any atom is 0.117 e. The van der Waals surface area contributed by atoms with Crippen LogP contribution in [0.2, 0.25) is 5.02 Å². The second kappa shape index (κ2) is 3.14. The summed E-state index contributed by atoms with van der Waals surface area (Å²) < 4.78 is 0. The van der Waals surface area contributed by atoms with E-state index in [9.17, 15) is 0 Å². The Morgan fingerprint density at radius 3 is 2.45 bits per heavy atom. The van der Waals surface area contributed by atoms with Crippen molar-refractivity contribution in [2.75, 3.05) is 0 Å². The highest BCUT2D eigenvalue weighted by Crippen LogP contribution is 2.27. The Kier molecular flexibility index (Phi) is 2.40. The topological polar surface area (TPSA) is 20.2 Å². The summed E-state index contributed by atoms with van der Waals surface area (Å²) in [6, 6.07) is 5.07. The molecule has 1 aromatic carbocycles. The van der Waals surface area contributed by atoms with Crippen LogP contribution in [0.25, 0.3) is 0 Å². The van der Waals surface area contributed by atoms with Crippen molar-refractivity contribution in [2.24, 2.45) is 0 Å². The van der Waals surface area contributed by atoms with Gasteiger partial charge in [0.2, 0.25) is 0 Å². The number of benzene rings is 1. The summed E-state index contributed by atoms with van der Waals surface area (Å²) in [4.78, 5) is 0. The van der Waals surface area contributed by atoms with Gasteiger partial charge in [-0.05, 0) is 23.6 Å². The number of phenols is 1. The normalized spacial score (nSPS) is 10.5. The number of phenolic OH excluding ortho intramolecular Hbond substituents is 1. The van der Waals surface area contributed by atoms with E-state index in [0.29, 0.717) is 10.9 Å². The summed E-state index contributed by atoms with van der Waals surface area (Å²) in [5.74, 6) is 0.627. The molecule has 0 fully saturated rings. The van der Waals surface area contributed by atoms with E-state index in [1.807, 2.05) is 6.07 Å². The molecule has 0 aliphatic carbocycles. The third-order valence-corrected chi connectivity index (χ3v) is 1.93. The second-order valence-electron chi connectivity index (χ2n) is 2.86. The van der Waals surface area contributed by atoms with Crippen LogP contribution in [-0.4, -0.2) is 5.11 Å². The summed E-state index contributed by atoms with van der Waals surface area (Å²) in [6.07, 6.45) is 0. The molecule has 0 spiro atoms. The minimum absolute atomic E-state index is 0.222. The van der Waals surface area contributed by atoms with Crippen LogP contribution < -0.4 is 0 Å².